The van der Waals surface area contributed by atoms with Gasteiger partial charge in [0.25, 0.3) is 11.8 Å². The Bertz CT molecular complexity index is 1590. The SMILES string of the molecule is COc1cccc(/C=C(\NC(=O)c2ccccc2)C(=O)Nc2cccc(SC(C)C(=O)Nc3cccc(OC)c3)c2)c1. The summed E-state index contributed by atoms with van der Waals surface area (Å²) in [5, 5.41) is 8.07. The predicted octanol–water partition coefficient (Wildman–Crippen LogP) is 6.23. The Morgan fingerprint density at radius 2 is 1.38 bits per heavy atom. The predicted molar refractivity (Wildman–Crippen MR) is 167 cm³/mol. The summed E-state index contributed by atoms with van der Waals surface area (Å²) < 4.78 is 10.5. The molecule has 1 unspecified atom stereocenters. The third-order valence-electron chi connectivity index (χ3n) is 6.04. The van der Waals surface area contributed by atoms with Gasteiger partial charge < -0.3 is 25.4 Å². The monoisotopic (exact) mass is 581 g/mol. The fourth-order valence-corrected chi connectivity index (χ4v) is 4.81. The normalized spacial score (nSPS) is 11.6. The highest BCUT2D eigenvalue weighted by Crippen LogP contribution is 2.27. The van der Waals surface area contributed by atoms with Crippen LogP contribution in [0.5, 0.6) is 11.5 Å². The second kappa shape index (κ2) is 14.6. The Hall–Kier alpha value is -5.02. The molecule has 8 nitrogen and oxygen atoms in total. The van der Waals surface area contributed by atoms with Gasteiger partial charge in [0.1, 0.15) is 17.2 Å². The number of amides is 3. The first kappa shape index (κ1) is 30.0. The number of thioether (sulfide) groups is 1. The summed E-state index contributed by atoms with van der Waals surface area (Å²) in [6, 6.07) is 30.1. The second-order valence-electron chi connectivity index (χ2n) is 9.12. The molecule has 0 spiro atoms. The summed E-state index contributed by atoms with van der Waals surface area (Å²) in [4.78, 5) is 39.9. The van der Waals surface area contributed by atoms with Gasteiger partial charge in [-0.05, 0) is 73.2 Å². The van der Waals surface area contributed by atoms with Gasteiger partial charge in [-0.15, -0.1) is 11.8 Å². The van der Waals surface area contributed by atoms with E-state index in [9.17, 15) is 14.4 Å². The van der Waals surface area contributed by atoms with Gasteiger partial charge in [-0.25, -0.2) is 0 Å². The molecule has 0 bridgehead atoms. The van der Waals surface area contributed by atoms with Crippen molar-refractivity contribution in [2.24, 2.45) is 0 Å². The van der Waals surface area contributed by atoms with Crippen molar-refractivity contribution in [2.45, 2.75) is 17.1 Å². The molecule has 0 fully saturated rings. The van der Waals surface area contributed by atoms with Crippen LogP contribution in [-0.2, 0) is 9.59 Å². The van der Waals surface area contributed by atoms with Gasteiger partial charge in [-0.2, -0.15) is 0 Å². The molecule has 0 aliphatic heterocycles. The fraction of sp³-hybridized carbons (Fsp3) is 0.121. The van der Waals surface area contributed by atoms with Crippen molar-refractivity contribution in [1.82, 2.24) is 5.32 Å². The van der Waals surface area contributed by atoms with Crippen LogP contribution >= 0.6 is 11.8 Å². The van der Waals surface area contributed by atoms with E-state index >= 15 is 0 Å². The smallest absolute Gasteiger partial charge is 0.272 e. The van der Waals surface area contributed by atoms with Crippen LogP contribution in [0.1, 0.15) is 22.8 Å². The van der Waals surface area contributed by atoms with Crippen LogP contribution in [0.3, 0.4) is 0 Å². The first-order chi connectivity index (χ1) is 20.3. The summed E-state index contributed by atoms with van der Waals surface area (Å²) in [5.74, 6) is 0.173. The van der Waals surface area contributed by atoms with E-state index in [0.29, 0.717) is 34.0 Å². The zero-order chi connectivity index (χ0) is 29.9. The molecule has 4 aromatic rings. The highest BCUT2D eigenvalue weighted by atomic mass is 32.2. The summed E-state index contributed by atoms with van der Waals surface area (Å²) in [5.41, 5.74) is 2.30. The van der Waals surface area contributed by atoms with Crippen LogP contribution in [0.2, 0.25) is 0 Å². The third kappa shape index (κ3) is 8.49. The minimum absolute atomic E-state index is 0.0567. The van der Waals surface area contributed by atoms with Crippen molar-refractivity contribution in [3.63, 3.8) is 0 Å². The molecule has 0 radical (unpaired) electrons. The highest BCUT2D eigenvalue weighted by Gasteiger charge is 2.18. The number of benzene rings is 4. The van der Waals surface area contributed by atoms with Crippen molar-refractivity contribution >= 4 is 46.9 Å². The van der Waals surface area contributed by atoms with Crippen LogP contribution in [-0.4, -0.2) is 37.2 Å². The molecule has 0 saturated carbocycles. The first-order valence-electron chi connectivity index (χ1n) is 13.1. The van der Waals surface area contributed by atoms with E-state index in [4.69, 9.17) is 9.47 Å². The standard InChI is InChI=1S/C33H31N3O5S/c1-22(31(37)34-25-13-8-16-28(20-25)41-3)42-29-17-9-14-26(21-29)35-33(39)30(19-23-10-7-15-27(18-23)40-2)36-32(38)24-11-5-4-6-12-24/h4-22H,1-3H3,(H,34,37)(H,35,39)(H,36,38)/b30-19-. The van der Waals surface area contributed by atoms with Gasteiger partial charge in [0, 0.05) is 27.9 Å². The first-order valence-corrected chi connectivity index (χ1v) is 14.0. The minimum Gasteiger partial charge on any atom is -0.497 e. The van der Waals surface area contributed by atoms with Crippen LogP contribution in [0.15, 0.2) is 114 Å². The lowest BCUT2D eigenvalue weighted by molar-refractivity contribution is -0.115. The maximum absolute atomic E-state index is 13.4. The lowest BCUT2D eigenvalue weighted by Gasteiger charge is -2.14. The van der Waals surface area contributed by atoms with Crippen LogP contribution in [0, 0.1) is 0 Å². The van der Waals surface area contributed by atoms with Gasteiger partial charge in [0.05, 0.1) is 19.5 Å². The van der Waals surface area contributed by atoms with Crippen molar-refractivity contribution in [1.29, 1.82) is 0 Å². The molecule has 42 heavy (non-hydrogen) atoms. The molecule has 3 N–H and O–H groups in total. The number of carbonyl (C=O) groups excluding carboxylic acids is 3. The topological polar surface area (TPSA) is 106 Å². The summed E-state index contributed by atoms with van der Waals surface area (Å²) in [6.07, 6.45) is 1.59. The van der Waals surface area contributed by atoms with Crippen LogP contribution in [0.4, 0.5) is 11.4 Å². The Balaban J connectivity index is 1.48. The number of methoxy groups -OCH3 is 2. The van der Waals surface area contributed by atoms with Crippen LogP contribution in [0.25, 0.3) is 6.08 Å². The molecule has 1 atom stereocenters. The number of hydrogen-bond donors (Lipinski definition) is 3. The molecule has 4 rings (SSSR count). The van der Waals surface area contributed by atoms with Crippen LogP contribution < -0.4 is 25.4 Å². The summed E-state index contributed by atoms with van der Waals surface area (Å²) in [7, 11) is 3.13. The number of anilines is 2. The number of carbonyl (C=O) groups is 3. The molecular formula is C33H31N3O5S. The number of hydrogen-bond acceptors (Lipinski definition) is 6. The van der Waals surface area contributed by atoms with Crippen molar-refractivity contribution in [3.8, 4) is 11.5 Å². The van der Waals surface area contributed by atoms with E-state index < -0.39 is 17.1 Å². The average Bonchev–Trinajstić information content (AvgIpc) is 3.01. The lowest BCUT2D eigenvalue weighted by atomic mass is 10.1. The molecule has 9 heteroatoms. The summed E-state index contributed by atoms with van der Waals surface area (Å²) >= 11 is 1.35. The number of rotatable bonds is 11. The Kier molecular flexibility index (Phi) is 10.4. The Morgan fingerprint density at radius 3 is 2.10 bits per heavy atom. The zero-order valence-electron chi connectivity index (χ0n) is 23.4. The molecule has 0 aromatic heterocycles. The van der Waals surface area contributed by atoms with E-state index in [1.54, 1.807) is 118 Å². The Morgan fingerprint density at radius 1 is 0.738 bits per heavy atom. The molecule has 214 valence electrons. The molecule has 3 amide bonds. The fourth-order valence-electron chi connectivity index (χ4n) is 3.89. The molecule has 0 saturated heterocycles. The van der Waals surface area contributed by atoms with Gasteiger partial charge >= 0.3 is 0 Å². The van der Waals surface area contributed by atoms with Crippen molar-refractivity contribution in [3.05, 3.63) is 120 Å². The lowest BCUT2D eigenvalue weighted by Crippen LogP contribution is -2.30. The van der Waals surface area contributed by atoms with Gasteiger partial charge in [0.2, 0.25) is 5.91 Å². The zero-order valence-corrected chi connectivity index (χ0v) is 24.2. The molecule has 4 aromatic carbocycles. The van der Waals surface area contributed by atoms with Gasteiger partial charge in [0.15, 0.2) is 0 Å². The van der Waals surface area contributed by atoms with Crippen molar-refractivity contribution < 1.29 is 23.9 Å². The average molecular weight is 582 g/mol. The van der Waals surface area contributed by atoms with E-state index in [2.05, 4.69) is 16.0 Å². The number of nitrogens with one attached hydrogen (secondary N) is 3. The molecule has 0 aliphatic rings. The molecule has 0 aliphatic carbocycles. The maximum Gasteiger partial charge on any atom is 0.272 e. The van der Waals surface area contributed by atoms with E-state index in [1.165, 1.54) is 11.8 Å². The van der Waals surface area contributed by atoms with E-state index in [1.807, 2.05) is 12.1 Å². The van der Waals surface area contributed by atoms with Crippen molar-refractivity contribution in [2.75, 3.05) is 24.9 Å². The second-order valence-corrected chi connectivity index (χ2v) is 10.5. The highest BCUT2D eigenvalue weighted by molar-refractivity contribution is 8.00. The van der Waals surface area contributed by atoms with E-state index in [-0.39, 0.29) is 11.6 Å². The quantitative estimate of drug-likeness (QED) is 0.143. The minimum atomic E-state index is -0.506. The van der Waals surface area contributed by atoms with Gasteiger partial charge in [-0.3, -0.25) is 14.4 Å². The number of ether oxygens (including phenoxy) is 2. The summed E-state index contributed by atoms with van der Waals surface area (Å²) in [6.45, 7) is 1.81. The third-order valence-corrected chi connectivity index (χ3v) is 7.14. The molecular weight excluding hydrogens is 550 g/mol. The Labute approximate surface area is 249 Å². The largest absolute Gasteiger partial charge is 0.497 e. The molecule has 0 heterocycles. The van der Waals surface area contributed by atoms with Gasteiger partial charge in [-0.1, -0.05) is 42.5 Å². The maximum atomic E-state index is 13.4. The van der Waals surface area contributed by atoms with E-state index in [0.717, 1.165) is 4.90 Å².